The number of aliphatic hydroxyl groups is 1. The van der Waals surface area contributed by atoms with Gasteiger partial charge in [0.2, 0.25) is 0 Å². The van der Waals surface area contributed by atoms with Crippen LogP contribution in [0.25, 0.3) is 0 Å². The number of aliphatic hydroxyl groups excluding tert-OH is 1. The van der Waals surface area contributed by atoms with Gasteiger partial charge in [0.1, 0.15) is 5.82 Å². The van der Waals surface area contributed by atoms with Crippen molar-refractivity contribution in [1.29, 1.82) is 0 Å². The molecule has 126 valence electrons. The van der Waals surface area contributed by atoms with E-state index in [1.807, 2.05) is 4.90 Å². The summed E-state index contributed by atoms with van der Waals surface area (Å²) in [5, 5.41) is 12.4. The Labute approximate surface area is 140 Å². The van der Waals surface area contributed by atoms with E-state index in [2.05, 4.69) is 5.32 Å². The summed E-state index contributed by atoms with van der Waals surface area (Å²) >= 11 is 5.71. The second-order valence-electron chi connectivity index (χ2n) is 6.15. The fraction of sp³-hybridized carbons (Fsp3) is 0.562. The van der Waals surface area contributed by atoms with E-state index in [-0.39, 0.29) is 29.7 Å². The van der Waals surface area contributed by atoms with Crippen LogP contribution in [0.3, 0.4) is 0 Å². The number of nitrogens with zero attached hydrogens (tertiary/aromatic N) is 2. The zero-order valence-electron chi connectivity index (χ0n) is 12.8. The first-order valence-corrected chi connectivity index (χ1v) is 8.34. The molecule has 0 saturated carbocycles. The van der Waals surface area contributed by atoms with Crippen molar-refractivity contribution in [2.75, 3.05) is 31.1 Å². The van der Waals surface area contributed by atoms with Gasteiger partial charge in [-0.1, -0.05) is 11.6 Å². The molecule has 1 aromatic rings. The highest BCUT2D eigenvalue weighted by Gasteiger charge is 2.31. The lowest BCUT2D eigenvalue weighted by Crippen LogP contribution is -2.48. The molecule has 2 atom stereocenters. The number of likely N-dealkylation sites (tertiary alicyclic amines) is 1. The van der Waals surface area contributed by atoms with Crippen LogP contribution in [0.15, 0.2) is 18.2 Å². The van der Waals surface area contributed by atoms with E-state index in [9.17, 15) is 14.3 Å². The van der Waals surface area contributed by atoms with Gasteiger partial charge in [0.15, 0.2) is 0 Å². The second kappa shape index (κ2) is 6.93. The molecule has 0 bridgehead atoms. The van der Waals surface area contributed by atoms with E-state index in [1.165, 1.54) is 6.07 Å². The van der Waals surface area contributed by atoms with Gasteiger partial charge in [0.05, 0.1) is 17.7 Å². The molecule has 2 amide bonds. The summed E-state index contributed by atoms with van der Waals surface area (Å²) in [6.07, 6.45) is 2.60. The Hall–Kier alpha value is -1.53. The first kappa shape index (κ1) is 16.3. The Morgan fingerprint density at radius 3 is 2.96 bits per heavy atom. The van der Waals surface area contributed by atoms with Crippen molar-refractivity contribution >= 4 is 23.3 Å². The molecule has 2 N–H and O–H groups in total. The highest BCUT2D eigenvalue weighted by Crippen LogP contribution is 2.25. The quantitative estimate of drug-likeness (QED) is 0.886. The Kier molecular flexibility index (Phi) is 4.92. The highest BCUT2D eigenvalue weighted by atomic mass is 35.5. The molecule has 0 spiro atoms. The van der Waals surface area contributed by atoms with Crippen LogP contribution < -0.4 is 10.2 Å². The molecule has 2 fully saturated rings. The number of amides is 2. The summed E-state index contributed by atoms with van der Waals surface area (Å²) in [6, 6.07) is 4.61. The van der Waals surface area contributed by atoms with Gasteiger partial charge in [-0.25, -0.2) is 9.18 Å². The number of carbonyl (C=O) groups is 1. The molecule has 5 nitrogen and oxygen atoms in total. The van der Waals surface area contributed by atoms with Crippen molar-refractivity contribution in [2.45, 2.75) is 31.3 Å². The maximum absolute atomic E-state index is 13.6. The molecular weight excluding hydrogens is 321 g/mol. The number of nitrogens with one attached hydrogen (secondary N) is 1. The van der Waals surface area contributed by atoms with Crippen molar-refractivity contribution < 1.29 is 14.3 Å². The highest BCUT2D eigenvalue weighted by molar-refractivity contribution is 6.30. The Morgan fingerprint density at radius 1 is 1.39 bits per heavy atom. The number of urea groups is 1. The predicted molar refractivity (Wildman–Crippen MR) is 87.4 cm³/mol. The number of benzene rings is 1. The largest absolute Gasteiger partial charge is 0.394 e. The zero-order valence-corrected chi connectivity index (χ0v) is 13.6. The Morgan fingerprint density at radius 2 is 2.22 bits per heavy atom. The smallest absolute Gasteiger partial charge is 0.318 e. The summed E-state index contributed by atoms with van der Waals surface area (Å²) < 4.78 is 13.6. The van der Waals surface area contributed by atoms with Crippen molar-refractivity contribution in [3.8, 4) is 0 Å². The third kappa shape index (κ3) is 3.53. The molecular formula is C16H21ClFN3O2. The summed E-state index contributed by atoms with van der Waals surface area (Å²) in [5.41, 5.74) is 0.776. The van der Waals surface area contributed by atoms with E-state index in [0.29, 0.717) is 13.1 Å². The molecule has 2 heterocycles. The monoisotopic (exact) mass is 341 g/mol. The number of anilines is 1. The molecule has 2 aliphatic rings. The molecule has 0 radical (unpaired) electrons. The third-order valence-electron chi connectivity index (χ3n) is 4.63. The topological polar surface area (TPSA) is 55.8 Å². The van der Waals surface area contributed by atoms with Gasteiger partial charge >= 0.3 is 6.03 Å². The maximum Gasteiger partial charge on any atom is 0.318 e. The third-order valence-corrected chi connectivity index (χ3v) is 4.94. The summed E-state index contributed by atoms with van der Waals surface area (Å²) in [5.74, 6) is -0.431. The SMILES string of the molecule is O=C(NC1CCN(c2ccc(Cl)c(F)c2)C1)N1CCC[C@H]1CO. The van der Waals surface area contributed by atoms with Crippen molar-refractivity contribution in [1.82, 2.24) is 10.2 Å². The van der Waals surface area contributed by atoms with E-state index in [4.69, 9.17) is 11.6 Å². The Bertz CT molecular complexity index is 586. The average molecular weight is 342 g/mol. The first-order chi connectivity index (χ1) is 11.1. The fourth-order valence-corrected chi connectivity index (χ4v) is 3.46. The molecule has 1 unspecified atom stereocenters. The molecule has 7 heteroatoms. The number of carbonyl (C=O) groups excluding carboxylic acids is 1. The zero-order chi connectivity index (χ0) is 16.4. The predicted octanol–water partition coefficient (Wildman–Crippen LogP) is 2.22. The molecule has 2 saturated heterocycles. The van der Waals surface area contributed by atoms with Crippen LogP contribution in [-0.4, -0.2) is 54.4 Å². The van der Waals surface area contributed by atoms with Crippen LogP contribution in [0.1, 0.15) is 19.3 Å². The van der Waals surface area contributed by atoms with E-state index in [0.717, 1.165) is 31.5 Å². The lowest BCUT2D eigenvalue weighted by atomic mass is 10.2. The van der Waals surface area contributed by atoms with Gasteiger partial charge in [-0.15, -0.1) is 0 Å². The molecule has 0 aliphatic carbocycles. The molecule has 1 aromatic carbocycles. The Balaban J connectivity index is 1.57. The van der Waals surface area contributed by atoms with Gasteiger partial charge in [-0.2, -0.15) is 0 Å². The average Bonchev–Trinajstić information content (AvgIpc) is 3.18. The second-order valence-corrected chi connectivity index (χ2v) is 6.56. The lowest BCUT2D eigenvalue weighted by molar-refractivity contribution is 0.155. The molecule has 23 heavy (non-hydrogen) atoms. The number of hydrogen-bond acceptors (Lipinski definition) is 3. The summed E-state index contributed by atoms with van der Waals surface area (Å²) in [6.45, 7) is 2.10. The minimum absolute atomic E-state index is 0.00820. The first-order valence-electron chi connectivity index (χ1n) is 7.96. The number of halogens is 2. The van der Waals surface area contributed by atoms with Gasteiger partial charge in [0.25, 0.3) is 0 Å². The molecule has 0 aromatic heterocycles. The molecule has 3 rings (SSSR count). The molecule has 2 aliphatic heterocycles. The lowest BCUT2D eigenvalue weighted by Gasteiger charge is -2.25. The van der Waals surface area contributed by atoms with Crippen LogP contribution in [0.2, 0.25) is 5.02 Å². The van der Waals surface area contributed by atoms with E-state index >= 15 is 0 Å². The van der Waals surface area contributed by atoms with E-state index < -0.39 is 5.82 Å². The van der Waals surface area contributed by atoms with Crippen LogP contribution in [0, 0.1) is 5.82 Å². The van der Waals surface area contributed by atoms with Crippen LogP contribution in [0.5, 0.6) is 0 Å². The van der Waals surface area contributed by atoms with Gasteiger partial charge in [-0.3, -0.25) is 0 Å². The van der Waals surface area contributed by atoms with Crippen LogP contribution >= 0.6 is 11.6 Å². The van der Waals surface area contributed by atoms with Crippen molar-refractivity contribution in [3.63, 3.8) is 0 Å². The van der Waals surface area contributed by atoms with Gasteiger partial charge < -0.3 is 20.2 Å². The normalized spacial score (nSPS) is 24.3. The number of hydrogen-bond donors (Lipinski definition) is 2. The minimum atomic E-state index is -0.431. The van der Waals surface area contributed by atoms with Crippen LogP contribution in [-0.2, 0) is 0 Å². The van der Waals surface area contributed by atoms with E-state index in [1.54, 1.807) is 17.0 Å². The minimum Gasteiger partial charge on any atom is -0.394 e. The number of rotatable bonds is 3. The van der Waals surface area contributed by atoms with Gasteiger partial charge in [-0.05, 0) is 37.5 Å². The maximum atomic E-state index is 13.6. The standard InChI is InChI=1S/C16H21ClFN3O2/c17-14-4-3-12(8-15(14)18)20-7-5-11(9-20)19-16(23)21-6-1-2-13(21)10-22/h3-4,8,11,13,22H,1-2,5-7,9-10H2,(H,19,23)/t11?,13-/m0/s1. The summed E-state index contributed by atoms with van der Waals surface area (Å²) in [7, 11) is 0. The summed E-state index contributed by atoms with van der Waals surface area (Å²) in [4.78, 5) is 16.1. The fourth-order valence-electron chi connectivity index (χ4n) is 3.34. The van der Waals surface area contributed by atoms with Gasteiger partial charge in [0, 0.05) is 31.4 Å². The van der Waals surface area contributed by atoms with Crippen LogP contribution in [0.4, 0.5) is 14.9 Å². The van der Waals surface area contributed by atoms with Crippen molar-refractivity contribution in [2.24, 2.45) is 0 Å². The van der Waals surface area contributed by atoms with Crippen molar-refractivity contribution in [3.05, 3.63) is 29.0 Å².